The molecule has 2 N–H and O–H groups in total. The number of hydrogen-bond acceptors (Lipinski definition) is 4. The van der Waals surface area contributed by atoms with Gasteiger partial charge in [-0.2, -0.15) is 0 Å². The van der Waals surface area contributed by atoms with Gasteiger partial charge >= 0.3 is 0 Å². The molecule has 1 aromatic heterocycles. The molecule has 1 fully saturated rings. The van der Waals surface area contributed by atoms with E-state index in [0.717, 1.165) is 18.1 Å². The second kappa shape index (κ2) is 5.25. The molecule has 1 aliphatic rings. The van der Waals surface area contributed by atoms with Crippen LogP contribution in [0, 0.1) is 0 Å². The molecule has 1 aliphatic carbocycles. The Labute approximate surface area is 96.9 Å². The fraction of sp³-hybridized carbons (Fsp3) is 0.667. The number of rotatable bonds is 6. The van der Waals surface area contributed by atoms with E-state index in [1.165, 1.54) is 25.7 Å². The SMILES string of the molecule is CCCCN(c1ncc(CN)cn1)C1CC1. The summed E-state index contributed by atoms with van der Waals surface area (Å²) in [7, 11) is 0. The first-order valence-electron chi connectivity index (χ1n) is 6.12. The van der Waals surface area contributed by atoms with Crippen molar-refractivity contribution in [3.63, 3.8) is 0 Å². The van der Waals surface area contributed by atoms with E-state index in [4.69, 9.17) is 5.73 Å². The zero-order valence-corrected chi connectivity index (χ0v) is 9.89. The summed E-state index contributed by atoms with van der Waals surface area (Å²) in [5.41, 5.74) is 6.53. The van der Waals surface area contributed by atoms with Crippen LogP contribution in [0.15, 0.2) is 12.4 Å². The van der Waals surface area contributed by atoms with Crippen LogP contribution in [0.25, 0.3) is 0 Å². The molecule has 1 heterocycles. The summed E-state index contributed by atoms with van der Waals surface area (Å²) in [4.78, 5) is 11.1. The van der Waals surface area contributed by atoms with Crippen LogP contribution < -0.4 is 10.6 Å². The summed E-state index contributed by atoms with van der Waals surface area (Å²) in [6, 6.07) is 0.676. The van der Waals surface area contributed by atoms with E-state index in [9.17, 15) is 0 Å². The predicted octanol–water partition coefficient (Wildman–Crippen LogP) is 1.70. The van der Waals surface area contributed by atoms with Gasteiger partial charge in [-0.25, -0.2) is 9.97 Å². The number of nitrogens with zero attached hydrogens (tertiary/aromatic N) is 3. The Hall–Kier alpha value is -1.16. The minimum Gasteiger partial charge on any atom is -0.338 e. The number of nitrogens with two attached hydrogens (primary N) is 1. The maximum absolute atomic E-state index is 5.53. The number of aromatic nitrogens is 2. The summed E-state index contributed by atoms with van der Waals surface area (Å²) in [5, 5.41) is 0. The standard InChI is InChI=1S/C12H20N4/c1-2-3-6-16(11-4-5-11)12-14-8-10(7-13)9-15-12/h8-9,11H,2-7,13H2,1H3. The van der Waals surface area contributed by atoms with Gasteiger partial charge in [-0.05, 0) is 19.3 Å². The van der Waals surface area contributed by atoms with E-state index < -0.39 is 0 Å². The molecular weight excluding hydrogens is 200 g/mol. The van der Waals surface area contributed by atoms with Crippen LogP contribution in [0.3, 0.4) is 0 Å². The van der Waals surface area contributed by atoms with Gasteiger partial charge in [-0.15, -0.1) is 0 Å². The highest BCUT2D eigenvalue weighted by Crippen LogP contribution is 2.29. The van der Waals surface area contributed by atoms with Gasteiger partial charge in [-0.1, -0.05) is 13.3 Å². The van der Waals surface area contributed by atoms with Gasteiger partial charge < -0.3 is 10.6 Å². The number of anilines is 1. The van der Waals surface area contributed by atoms with E-state index in [0.29, 0.717) is 12.6 Å². The van der Waals surface area contributed by atoms with Crippen molar-refractivity contribution in [2.75, 3.05) is 11.4 Å². The van der Waals surface area contributed by atoms with Crippen molar-refractivity contribution in [1.82, 2.24) is 9.97 Å². The van der Waals surface area contributed by atoms with Crippen LogP contribution in [0.2, 0.25) is 0 Å². The normalized spacial score (nSPS) is 15.1. The van der Waals surface area contributed by atoms with Crippen molar-refractivity contribution in [3.8, 4) is 0 Å². The second-order valence-electron chi connectivity index (χ2n) is 4.37. The topological polar surface area (TPSA) is 55.0 Å². The van der Waals surface area contributed by atoms with E-state index in [-0.39, 0.29) is 0 Å². The fourth-order valence-electron chi connectivity index (χ4n) is 1.76. The Kier molecular flexibility index (Phi) is 3.72. The van der Waals surface area contributed by atoms with Crippen molar-refractivity contribution >= 4 is 5.95 Å². The lowest BCUT2D eigenvalue weighted by atomic mass is 10.3. The highest BCUT2D eigenvalue weighted by atomic mass is 15.3. The molecule has 0 bridgehead atoms. The predicted molar refractivity (Wildman–Crippen MR) is 65.2 cm³/mol. The molecule has 1 aromatic rings. The Balaban J connectivity index is 2.05. The molecule has 1 saturated carbocycles. The Morgan fingerprint density at radius 1 is 1.38 bits per heavy atom. The molecule has 2 rings (SSSR count). The number of hydrogen-bond donors (Lipinski definition) is 1. The fourth-order valence-corrected chi connectivity index (χ4v) is 1.76. The molecule has 0 saturated heterocycles. The van der Waals surface area contributed by atoms with E-state index in [1.54, 1.807) is 0 Å². The summed E-state index contributed by atoms with van der Waals surface area (Å²) in [5.74, 6) is 0.869. The van der Waals surface area contributed by atoms with Gasteiger partial charge in [0.2, 0.25) is 5.95 Å². The van der Waals surface area contributed by atoms with Crippen LogP contribution in [-0.2, 0) is 6.54 Å². The van der Waals surface area contributed by atoms with E-state index in [2.05, 4.69) is 21.8 Å². The maximum Gasteiger partial charge on any atom is 0.225 e. The van der Waals surface area contributed by atoms with Crippen LogP contribution in [0.1, 0.15) is 38.2 Å². The van der Waals surface area contributed by atoms with Gasteiger partial charge in [0.05, 0.1) is 0 Å². The molecule has 4 nitrogen and oxygen atoms in total. The molecule has 4 heteroatoms. The first-order chi connectivity index (χ1) is 7.85. The third-order valence-corrected chi connectivity index (χ3v) is 2.92. The molecule has 0 spiro atoms. The molecule has 0 aromatic carbocycles. The molecule has 0 radical (unpaired) electrons. The van der Waals surface area contributed by atoms with E-state index >= 15 is 0 Å². The molecule has 16 heavy (non-hydrogen) atoms. The van der Waals surface area contributed by atoms with Crippen molar-refractivity contribution in [3.05, 3.63) is 18.0 Å². The van der Waals surface area contributed by atoms with Gasteiger partial charge in [-0.3, -0.25) is 0 Å². The van der Waals surface area contributed by atoms with Crippen LogP contribution in [0.4, 0.5) is 5.95 Å². The maximum atomic E-state index is 5.53. The highest BCUT2D eigenvalue weighted by molar-refractivity contribution is 5.33. The monoisotopic (exact) mass is 220 g/mol. The van der Waals surface area contributed by atoms with Crippen molar-refractivity contribution in [2.24, 2.45) is 5.73 Å². The van der Waals surface area contributed by atoms with Gasteiger partial charge in [0.15, 0.2) is 0 Å². The van der Waals surface area contributed by atoms with Gasteiger partial charge in [0, 0.05) is 37.1 Å². The van der Waals surface area contributed by atoms with Crippen LogP contribution in [0.5, 0.6) is 0 Å². The average molecular weight is 220 g/mol. The smallest absolute Gasteiger partial charge is 0.225 e. The van der Waals surface area contributed by atoms with Gasteiger partial charge in [0.25, 0.3) is 0 Å². The summed E-state index contributed by atoms with van der Waals surface area (Å²) >= 11 is 0. The van der Waals surface area contributed by atoms with Crippen LogP contribution in [-0.4, -0.2) is 22.6 Å². The Bertz CT molecular complexity index is 318. The largest absolute Gasteiger partial charge is 0.338 e. The lowest BCUT2D eigenvalue weighted by molar-refractivity contribution is 0.693. The van der Waals surface area contributed by atoms with Crippen molar-refractivity contribution in [2.45, 2.75) is 45.2 Å². The Morgan fingerprint density at radius 3 is 2.56 bits per heavy atom. The minimum absolute atomic E-state index is 0.513. The van der Waals surface area contributed by atoms with E-state index in [1.807, 2.05) is 12.4 Å². The summed E-state index contributed by atoms with van der Waals surface area (Å²) in [6.45, 7) is 3.80. The lowest BCUT2D eigenvalue weighted by Crippen LogP contribution is -2.28. The molecule has 0 unspecified atom stereocenters. The molecule has 0 aliphatic heterocycles. The molecule has 88 valence electrons. The quantitative estimate of drug-likeness (QED) is 0.793. The zero-order valence-electron chi connectivity index (χ0n) is 9.89. The van der Waals surface area contributed by atoms with Crippen molar-refractivity contribution in [1.29, 1.82) is 0 Å². The van der Waals surface area contributed by atoms with Gasteiger partial charge in [0.1, 0.15) is 0 Å². The van der Waals surface area contributed by atoms with Crippen LogP contribution >= 0.6 is 0 Å². The first-order valence-corrected chi connectivity index (χ1v) is 6.12. The Morgan fingerprint density at radius 2 is 2.06 bits per heavy atom. The zero-order chi connectivity index (χ0) is 11.4. The molecular formula is C12H20N4. The molecule has 0 atom stereocenters. The van der Waals surface area contributed by atoms with Crippen molar-refractivity contribution < 1.29 is 0 Å². The first kappa shape index (κ1) is 11.3. The minimum atomic E-state index is 0.513. The lowest BCUT2D eigenvalue weighted by Gasteiger charge is -2.21. The second-order valence-corrected chi connectivity index (χ2v) is 4.37. The summed E-state index contributed by atoms with van der Waals surface area (Å²) in [6.07, 6.45) is 8.66. The third kappa shape index (κ3) is 2.70. The molecule has 0 amide bonds. The third-order valence-electron chi connectivity index (χ3n) is 2.92. The highest BCUT2D eigenvalue weighted by Gasteiger charge is 2.30. The number of unbranched alkanes of at least 4 members (excludes halogenated alkanes) is 1. The average Bonchev–Trinajstić information content (AvgIpc) is 3.15. The summed E-state index contributed by atoms with van der Waals surface area (Å²) < 4.78 is 0.